The zero-order chi connectivity index (χ0) is 20.3. The fourth-order valence-corrected chi connectivity index (χ4v) is 3.56. The molecule has 0 aliphatic heterocycles. The number of amides is 1. The third-order valence-corrected chi connectivity index (χ3v) is 4.90. The standard InChI is InChI=1S/C22H20BrNO4/c1-13(2)28-22(26)14-8-10-16(11-9-14)24-21(25)18-12-15-6-4-5-7-17(15)19(23)20(18)27-3/h4-13H,1-3H3,(H,24,25). The van der Waals surface area contributed by atoms with Gasteiger partial charge in [-0.15, -0.1) is 0 Å². The second-order valence-corrected chi connectivity index (χ2v) is 7.27. The lowest BCUT2D eigenvalue weighted by Crippen LogP contribution is -2.14. The molecule has 0 saturated heterocycles. The summed E-state index contributed by atoms with van der Waals surface area (Å²) < 4.78 is 11.4. The van der Waals surface area contributed by atoms with Gasteiger partial charge >= 0.3 is 5.97 Å². The third-order valence-electron chi connectivity index (χ3n) is 4.11. The quantitative estimate of drug-likeness (QED) is 0.536. The lowest BCUT2D eigenvalue weighted by molar-refractivity contribution is 0.0378. The second-order valence-electron chi connectivity index (χ2n) is 6.48. The minimum Gasteiger partial charge on any atom is -0.495 e. The third kappa shape index (κ3) is 4.17. The molecule has 0 atom stereocenters. The number of hydrogen-bond acceptors (Lipinski definition) is 4. The number of benzene rings is 3. The number of hydrogen-bond donors (Lipinski definition) is 1. The van der Waals surface area contributed by atoms with Crippen molar-refractivity contribution in [3.8, 4) is 5.75 Å². The first kappa shape index (κ1) is 19.9. The molecule has 0 aliphatic carbocycles. The van der Waals surface area contributed by atoms with Crippen LogP contribution in [0.1, 0.15) is 34.6 Å². The van der Waals surface area contributed by atoms with Crippen molar-refractivity contribution >= 4 is 44.3 Å². The Morgan fingerprint density at radius 1 is 1.04 bits per heavy atom. The van der Waals surface area contributed by atoms with E-state index in [9.17, 15) is 9.59 Å². The van der Waals surface area contributed by atoms with Crippen molar-refractivity contribution < 1.29 is 19.1 Å². The van der Waals surface area contributed by atoms with Gasteiger partial charge in [0, 0.05) is 5.69 Å². The molecular weight excluding hydrogens is 422 g/mol. The largest absolute Gasteiger partial charge is 0.495 e. The molecule has 5 nitrogen and oxygen atoms in total. The summed E-state index contributed by atoms with van der Waals surface area (Å²) in [4.78, 5) is 24.8. The lowest BCUT2D eigenvalue weighted by atomic mass is 10.0. The van der Waals surface area contributed by atoms with E-state index in [0.29, 0.717) is 22.6 Å². The van der Waals surface area contributed by atoms with Gasteiger partial charge in [0.1, 0.15) is 5.75 Å². The van der Waals surface area contributed by atoms with Gasteiger partial charge in [-0.3, -0.25) is 4.79 Å². The molecule has 1 N–H and O–H groups in total. The van der Waals surface area contributed by atoms with Gasteiger partial charge in [-0.1, -0.05) is 24.3 Å². The highest BCUT2D eigenvalue weighted by atomic mass is 79.9. The molecule has 0 saturated carbocycles. The summed E-state index contributed by atoms with van der Waals surface area (Å²) in [5.74, 6) is -0.234. The number of halogens is 1. The molecular formula is C22H20BrNO4. The van der Waals surface area contributed by atoms with Gasteiger partial charge in [0.05, 0.1) is 28.8 Å². The average molecular weight is 442 g/mol. The molecule has 1 amide bonds. The van der Waals surface area contributed by atoms with Crippen LogP contribution in [0.25, 0.3) is 10.8 Å². The van der Waals surface area contributed by atoms with Crippen LogP contribution < -0.4 is 10.1 Å². The van der Waals surface area contributed by atoms with E-state index in [0.717, 1.165) is 15.2 Å². The Kier molecular flexibility index (Phi) is 5.99. The van der Waals surface area contributed by atoms with Crippen LogP contribution in [0.5, 0.6) is 5.75 Å². The van der Waals surface area contributed by atoms with E-state index in [1.165, 1.54) is 7.11 Å². The summed E-state index contributed by atoms with van der Waals surface area (Å²) in [5.41, 5.74) is 1.41. The normalized spacial score (nSPS) is 10.8. The maximum Gasteiger partial charge on any atom is 0.338 e. The summed E-state index contributed by atoms with van der Waals surface area (Å²) in [7, 11) is 1.53. The van der Waals surface area contributed by atoms with Gasteiger partial charge in [0.2, 0.25) is 0 Å². The van der Waals surface area contributed by atoms with Crippen molar-refractivity contribution in [2.45, 2.75) is 20.0 Å². The van der Waals surface area contributed by atoms with E-state index in [4.69, 9.17) is 9.47 Å². The molecule has 0 spiro atoms. The molecule has 3 rings (SSSR count). The Morgan fingerprint density at radius 2 is 1.71 bits per heavy atom. The molecule has 0 bridgehead atoms. The van der Waals surface area contributed by atoms with E-state index in [1.807, 2.05) is 24.3 Å². The lowest BCUT2D eigenvalue weighted by Gasteiger charge is -2.14. The highest BCUT2D eigenvalue weighted by molar-refractivity contribution is 9.10. The number of methoxy groups -OCH3 is 1. The summed E-state index contributed by atoms with van der Waals surface area (Å²) in [6.45, 7) is 3.59. The molecule has 0 aromatic heterocycles. The van der Waals surface area contributed by atoms with Gasteiger partial charge in [-0.2, -0.15) is 0 Å². The van der Waals surface area contributed by atoms with Gasteiger partial charge in [0.25, 0.3) is 5.91 Å². The molecule has 28 heavy (non-hydrogen) atoms. The maximum atomic E-state index is 12.9. The Labute approximate surface area is 171 Å². The Balaban J connectivity index is 1.86. The smallest absolute Gasteiger partial charge is 0.338 e. The number of fused-ring (bicyclic) bond motifs is 1. The van der Waals surface area contributed by atoms with Crippen molar-refractivity contribution in [3.63, 3.8) is 0 Å². The second kappa shape index (κ2) is 8.44. The number of esters is 1. The predicted molar refractivity (Wildman–Crippen MR) is 113 cm³/mol. The van der Waals surface area contributed by atoms with Crippen LogP contribution in [0.2, 0.25) is 0 Å². The first-order valence-electron chi connectivity index (χ1n) is 8.78. The summed E-state index contributed by atoms with van der Waals surface area (Å²) in [6.07, 6.45) is -0.189. The van der Waals surface area contributed by atoms with Crippen molar-refractivity contribution in [1.29, 1.82) is 0 Å². The zero-order valence-corrected chi connectivity index (χ0v) is 17.4. The number of rotatable bonds is 5. The Bertz CT molecular complexity index is 1030. The van der Waals surface area contributed by atoms with Gasteiger partial charge in [0.15, 0.2) is 0 Å². The number of carbonyl (C=O) groups excluding carboxylic acids is 2. The van der Waals surface area contributed by atoms with E-state index < -0.39 is 5.97 Å². The Morgan fingerprint density at radius 3 is 2.36 bits per heavy atom. The fourth-order valence-electron chi connectivity index (χ4n) is 2.82. The SMILES string of the molecule is COc1c(C(=O)Nc2ccc(C(=O)OC(C)C)cc2)cc2ccccc2c1Br. The number of anilines is 1. The van der Waals surface area contributed by atoms with E-state index in [-0.39, 0.29) is 12.0 Å². The Hall–Kier alpha value is -2.86. The monoisotopic (exact) mass is 441 g/mol. The minimum absolute atomic E-state index is 0.189. The number of nitrogens with one attached hydrogen (secondary N) is 1. The van der Waals surface area contributed by atoms with Crippen LogP contribution in [-0.4, -0.2) is 25.1 Å². The highest BCUT2D eigenvalue weighted by Crippen LogP contribution is 2.36. The van der Waals surface area contributed by atoms with Crippen LogP contribution in [0.15, 0.2) is 59.1 Å². The van der Waals surface area contributed by atoms with Gasteiger partial charge in [-0.25, -0.2) is 4.79 Å². The average Bonchev–Trinajstić information content (AvgIpc) is 2.68. The maximum absolute atomic E-state index is 12.9. The molecule has 0 fully saturated rings. The van der Waals surface area contributed by atoms with Crippen LogP contribution >= 0.6 is 15.9 Å². The van der Waals surface area contributed by atoms with Crippen LogP contribution in [0.3, 0.4) is 0 Å². The van der Waals surface area contributed by atoms with Crippen molar-refractivity contribution in [2.75, 3.05) is 12.4 Å². The molecule has 0 unspecified atom stereocenters. The molecule has 0 aliphatic rings. The molecule has 0 heterocycles. The molecule has 6 heteroatoms. The van der Waals surface area contributed by atoms with E-state index in [1.54, 1.807) is 44.2 Å². The summed E-state index contributed by atoms with van der Waals surface area (Å²) in [6, 6.07) is 16.1. The predicted octanol–water partition coefficient (Wildman–Crippen LogP) is 5.43. The van der Waals surface area contributed by atoms with Crippen LogP contribution in [0.4, 0.5) is 5.69 Å². The molecule has 3 aromatic rings. The first-order chi connectivity index (χ1) is 13.4. The van der Waals surface area contributed by atoms with E-state index in [2.05, 4.69) is 21.2 Å². The molecule has 144 valence electrons. The van der Waals surface area contributed by atoms with Gasteiger partial charge in [-0.05, 0) is 70.9 Å². The van der Waals surface area contributed by atoms with Crippen LogP contribution in [-0.2, 0) is 4.74 Å². The summed E-state index contributed by atoms with van der Waals surface area (Å²) in [5, 5.41) is 4.73. The minimum atomic E-state index is -0.395. The van der Waals surface area contributed by atoms with Crippen molar-refractivity contribution in [2.24, 2.45) is 0 Å². The first-order valence-corrected chi connectivity index (χ1v) is 9.57. The summed E-state index contributed by atoms with van der Waals surface area (Å²) >= 11 is 3.54. The fraction of sp³-hybridized carbons (Fsp3) is 0.182. The van der Waals surface area contributed by atoms with Gasteiger partial charge < -0.3 is 14.8 Å². The van der Waals surface area contributed by atoms with E-state index >= 15 is 0 Å². The van der Waals surface area contributed by atoms with Crippen molar-refractivity contribution in [3.05, 3.63) is 70.2 Å². The number of ether oxygens (including phenoxy) is 2. The topological polar surface area (TPSA) is 64.6 Å². The van der Waals surface area contributed by atoms with Crippen molar-refractivity contribution in [1.82, 2.24) is 0 Å². The zero-order valence-electron chi connectivity index (χ0n) is 15.8. The van der Waals surface area contributed by atoms with Crippen LogP contribution in [0, 0.1) is 0 Å². The molecule has 0 radical (unpaired) electrons. The highest BCUT2D eigenvalue weighted by Gasteiger charge is 2.18. The number of carbonyl (C=O) groups is 2. The molecule has 3 aromatic carbocycles.